The van der Waals surface area contributed by atoms with Crippen LogP contribution in [0.3, 0.4) is 0 Å². The molecule has 0 bridgehead atoms. The van der Waals surface area contributed by atoms with Gasteiger partial charge in [-0.15, -0.1) is 0 Å². The van der Waals surface area contributed by atoms with Crippen LogP contribution in [-0.4, -0.2) is 62.9 Å². The van der Waals surface area contributed by atoms with E-state index in [1.807, 2.05) is 0 Å². The highest BCUT2D eigenvalue weighted by molar-refractivity contribution is 7.92. The molecule has 0 unspecified atom stereocenters. The molecule has 7 nitrogen and oxygen atoms in total. The van der Waals surface area contributed by atoms with Crippen LogP contribution in [-0.2, 0) is 24.6 Å². The van der Waals surface area contributed by atoms with E-state index in [1.165, 1.54) is 22.6 Å². The van der Waals surface area contributed by atoms with Gasteiger partial charge in [0.25, 0.3) is 0 Å². The molecule has 24 heavy (non-hydrogen) atoms. The third kappa shape index (κ3) is 3.91. The number of ether oxygens (including phenoxy) is 1. The molecule has 0 radical (unpaired) electrons. The topological polar surface area (TPSA) is 93.6 Å². The van der Waals surface area contributed by atoms with Crippen LogP contribution in [0.25, 0.3) is 0 Å². The lowest BCUT2D eigenvalue weighted by molar-refractivity contribution is 0.0877. The molecule has 0 aliphatic carbocycles. The van der Waals surface area contributed by atoms with Crippen molar-refractivity contribution in [1.29, 1.82) is 0 Å². The second-order valence-corrected chi connectivity index (χ2v) is 10.6. The molecule has 1 aromatic heterocycles. The summed E-state index contributed by atoms with van der Waals surface area (Å²) in [4.78, 5) is 3.83. The van der Waals surface area contributed by atoms with E-state index in [0.29, 0.717) is 13.0 Å². The second kappa shape index (κ2) is 6.87. The molecular formula is C14H19ClN2O5S2. The first kappa shape index (κ1) is 18.1. The summed E-state index contributed by atoms with van der Waals surface area (Å²) < 4.78 is 56.5. The highest BCUT2D eigenvalue weighted by atomic mass is 35.5. The van der Waals surface area contributed by atoms with Crippen molar-refractivity contribution in [2.24, 2.45) is 0 Å². The number of nitrogens with zero attached hydrogens (tertiary/aromatic N) is 2. The van der Waals surface area contributed by atoms with Gasteiger partial charge in [-0.3, -0.25) is 0 Å². The van der Waals surface area contributed by atoms with Crippen molar-refractivity contribution in [3.05, 3.63) is 23.5 Å². The molecule has 2 atom stereocenters. The third-order valence-electron chi connectivity index (χ3n) is 4.33. The molecule has 2 aliphatic heterocycles. The van der Waals surface area contributed by atoms with Crippen LogP contribution in [0, 0.1) is 0 Å². The Morgan fingerprint density at radius 2 is 2.12 bits per heavy atom. The summed E-state index contributed by atoms with van der Waals surface area (Å²) in [5, 5.41) is 0.197. The Bertz CT molecular complexity index is 789. The van der Waals surface area contributed by atoms with Crippen LogP contribution in [0.5, 0.6) is 0 Å². The number of aromatic nitrogens is 1. The van der Waals surface area contributed by atoms with Crippen LogP contribution < -0.4 is 0 Å². The van der Waals surface area contributed by atoms with E-state index < -0.39 is 25.9 Å². The van der Waals surface area contributed by atoms with Gasteiger partial charge in [-0.05, 0) is 31.4 Å². The SMILES string of the molecule is O=S1(=O)CC[C@@H](N(C[C@H]2CCCO2)S(=O)(=O)c2ccc(Cl)nc2)C1. The summed E-state index contributed by atoms with van der Waals surface area (Å²) in [7, 11) is -7.08. The minimum atomic E-state index is -3.87. The van der Waals surface area contributed by atoms with Gasteiger partial charge in [0.2, 0.25) is 10.0 Å². The predicted molar refractivity (Wildman–Crippen MR) is 89.2 cm³/mol. The van der Waals surface area contributed by atoms with E-state index in [9.17, 15) is 16.8 Å². The number of rotatable bonds is 5. The number of halogens is 1. The maximum atomic E-state index is 13.0. The number of hydrogen-bond donors (Lipinski definition) is 0. The fraction of sp³-hybridized carbons (Fsp3) is 0.643. The summed E-state index contributed by atoms with van der Waals surface area (Å²) in [5.74, 6) is -0.145. The van der Waals surface area contributed by atoms with E-state index >= 15 is 0 Å². The van der Waals surface area contributed by atoms with Crippen molar-refractivity contribution in [3.63, 3.8) is 0 Å². The van der Waals surface area contributed by atoms with Gasteiger partial charge in [0.1, 0.15) is 10.0 Å². The van der Waals surface area contributed by atoms with Gasteiger partial charge in [0.15, 0.2) is 9.84 Å². The highest BCUT2D eigenvalue weighted by Crippen LogP contribution is 2.27. The minimum Gasteiger partial charge on any atom is -0.377 e. The molecular weight excluding hydrogens is 376 g/mol. The van der Waals surface area contributed by atoms with Gasteiger partial charge >= 0.3 is 0 Å². The first-order valence-electron chi connectivity index (χ1n) is 7.73. The van der Waals surface area contributed by atoms with E-state index in [2.05, 4.69) is 4.98 Å². The minimum absolute atomic E-state index is 0.00801. The molecule has 134 valence electrons. The zero-order chi connectivity index (χ0) is 17.4. The molecule has 1 aromatic rings. The Balaban J connectivity index is 1.91. The average Bonchev–Trinajstić information content (AvgIpc) is 3.14. The van der Waals surface area contributed by atoms with Gasteiger partial charge in [-0.2, -0.15) is 4.31 Å². The summed E-state index contributed by atoms with van der Waals surface area (Å²) in [6.07, 6.45) is 2.94. The van der Waals surface area contributed by atoms with Crippen LogP contribution >= 0.6 is 11.6 Å². The lowest BCUT2D eigenvalue weighted by Crippen LogP contribution is -2.45. The lowest BCUT2D eigenvalue weighted by Gasteiger charge is -2.29. The standard InChI is InChI=1S/C14H19ClN2O5S2/c15-14-4-3-13(8-16-14)24(20,21)17(9-12-2-1-6-22-12)11-5-7-23(18,19)10-11/h3-4,8,11-12H,1-2,5-7,9-10H2/t11-,12-/m1/s1. The zero-order valence-corrected chi connectivity index (χ0v) is 15.4. The number of sulfone groups is 1. The monoisotopic (exact) mass is 394 g/mol. The Hall–Kier alpha value is -0.740. The van der Waals surface area contributed by atoms with Gasteiger partial charge < -0.3 is 4.74 Å². The van der Waals surface area contributed by atoms with Crippen molar-refractivity contribution in [1.82, 2.24) is 9.29 Å². The molecule has 0 amide bonds. The van der Waals surface area contributed by atoms with Crippen LogP contribution in [0.2, 0.25) is 5.15 Å². The average molecular weight is 395 g/mol. The number of pyridine rings is 1. The largest absolute Gasteiger partial charge is 0.377 e. The smallest absolute Gasteiger partial charge is 0.244 e. The maximum Gasteiger partial charge on any atom is 0.244 e. The van der Waals surface area contributed by atoms with Crippen molar-refractivity contribution < 1.29 is 21.6 Å². The first-order chi connectivity index (χ1) is 11.3. The van der Waals surface area contributed by atoms with Crippen molar-refractivity contribution >= 4 is 31.5 Å². The molecule has 2 aliphatic rings. The Labute approximate surface area is 146 Å². The fourth-order valence-electron chi connectivity index (χ4n) is 3.09. The Morgan fingerprint density at radius 3 is 2.67 bits per heavy atom. The molecule has 3 rings (SSSR count). The molecule has 0 N–H and O–H groups in total. The molecule has 0 spiro atoms. The number of hydrogen-bond acceptors (Lipinski definition) is 6. The molecule has 0 saturated carbocycles. The highest BCUT2D eigenvalue weighted by Gasteiger charge is 2.40. The fourth-order valence-corrected chi connectivity index (χ4v) is 6.65. The van der Waals surface area contributed by atoms with Crippen LogP contribution in [0.15, 0.2) is 23.2 Å². The van der Waals surface area contributed by atoms with Gasteiger partial charge in [-0.1, -0.05) is 11.6 Å². The quantitative estimate of drug-likeness (QED) is 0.694. The van der Waals surface area contributed by atoms with E-state index in [1.54, 1.807) is 0 Å². The van der Waals surface area contributed by atoms with Crippen molar-refractivity contribution in [2.75, 3.05) is 24.7 Å². The van der Waals surface area contributed by atoms with Crippen LogP contribution in [0.1, 0.15) is 19.3 Å². The summed E-state index contributed by atoms with van der Waals surface area (Å²) >= 11 is 5.72. The molecule has 2 fully saturated rings. The van der Waals surface area contributed by atoms with Crippen molar-refractivity contribution in [2.45, 2.75) is 36.3 Å². The Kier molecular flexibility index (Phi) is 5.17. The predicted octanol–water partition coefficient (Wildman–Crippen LogP) is 1.09. The van der Waals surface area contributed by atoms with Gasteiger partial charge in [0.05, 0.1) is 17.6 Å². The van der Waals surface area contributed by atoms with E-state index in [-0.39, 0.29) is 34.2 Å². The van der Waals surface area contributed by atoms with E-state index in [0.717, 1.165) is 12.8 Å². The van der Waals surface area contributed by atoms with Crippen molar-refractivity contribution in [3.8, 4) is 0 Å². The lowest BCUT2D eigenvalue weighted by atomic mass is 10.2. The first-order valence-corrected chi connectivity index (χ1v) is 11.4. The summed E-state index contributed by atoms with van der Waals surface area (Å²) in [5.41, 5.74) is 0. The van der Waals surface area contributed by atoms with Crippen LogP contribution in [0.4, 0.5) is 0 Å². The zero-order valence-electron chi connectivity index (χ0n) is 13.0. The van der Waals surface area contributed by atoms with Gasteiger partial charge in [-0.25, -0.2) is 21.8 Å². The maximum absolute atomic E-state index is 13.0. The third-order valence-corrected chi connectivity index (χ3v) is 8.21. The molecule has 0 aromatic carbocycles. The Morgan fingerprint density at radius 1 is 1.33 bits per heavy atom. The second-order valence-electron chi connectivity index (χ2n) is 6.08. The molecule has 10 heteroatoms. The van der Waals surface area contributed by atoms with E-state index in [4.69, 9.17) is 16.3 Å². The number of sulfonamides is 1. The summed E-state index contributed by atoms with van der Waals surface area (Å²) in [6.45, 7) is 0.759. The molecule has 2 saturated heterocycles. The molecule has 3 heterocycles. The normalized spacial score (nSPS) is 26.9. The summed E-state index contributed by atoms with van der Waals surface area (Å²) in [6, 6.07) is 2.22. The van der Waals surface area contributed by atoms with Gasteiger partial charge in [0, 0.05) is 25.4 Å².